The molecule has 672 valence electrons. The van der Waals surface area contributed by atoms with Crippen molar-refractivity contribution in [1.82, 2.24) is 83.4 Å². The summed E-state index contributed by atoms with van der Waals surface area (Å²) in [5.41, 5.74) is 5.44. The second-order valence-electron chi connectivity index (χ2n) is 30.4. The van der Waals surface area contributed by atoms with E-state index < -0.39 is 297 Å². The molecule has 0 radical (unpaired) electrons. The van der Waals surface area contributed by atoms with Crippen molar-refractivity contribution in [1.29, 1.82) is 0 Å². The normalized spacial score (nSPS) is 24.8. The van der Waals surface area contributed by atoms with E-state index in [4.69, 9.17) is 15.2 Å². The van der Waals surface area contributed by atoms with Crippen molar-refractivity contribution in [2.75, 3.05) is 59.2 Å². The van der Waals surface area contributed by atoms with E-state index in [0.29, 0.717) is 6.42 Å². The van der Waals surface area contributed by atoms with Crippen LogP contribution in [-0.4, -0.2) is 398 Å². The number of aliphatic hydroxyl groups is 11. The van der Waals surface area contributed by atoms with Crippen molar-refractivity contribution in [3.05, 3.63) is 0 Å². The number of carbonyl (C=O) groups excluding carboxylic acids is 16. The highest BCUT2D eigenvalue weighted by molar-refractivity contribution is 6.01. The lowest BCUT2D eigenvalue weighted by molar-refractivity contribution is -0.281. The standard InChI is InChI=1S/C71H117N17O31/c1-28(2)46(79-59(105)41-16-11-19-85(41)67(113)39(26-91)77-58(104)40-15-12-21-87(40)69(115)52(84-63(109)47(30(4)93)78-45(99)23-72)35(9)118-71-53(74-36(10)98)55(101)54(100)44(27-92)119-71)68(114)86-20-13-17-42(86)60(106)81-51(34(8)97)65(111)83-49(32(6)95)62(108)76-38(25-90)57(103)80-50(33(7)96)64(110)82-48(31(5)94)61(107)75-37(24-89)56(102)73-29(3)66(112)88-22-14-18-43(88)70(116)117/h28-35,37-44,46-55,71,89-97,100-101H,11-27,72H2,1-10H3,(H,73,102)(H,74,98)(H,75,107)(H,76,108)(H,77,104)(H,78,99)(H,79,105)(H,80,103)(H,81,106)(H,82,110)(H,83,111)(H,84,109)(H,116,117)/t29-,30+,31+,32+,33+,34+,35+,37-,38-,39-,40-,41-,42-,43-,44+,46-,47-,48-,49-,50-,51-,52-,53+,54-,55+,71-/m0/s1. The molecule has 0 bridgehead atoms. The molecule has 119 heavy (non-hydrogen) atoms. The molecule has 26 N–H and O–H groups in total. The minimum Gasteiger partial charge on any atom is -0.480 e. The fraction of sp³-hybridized carbons (Fsp3) is 0.761. The van der Waals surface area contributed by atoms with E-state index in [1.807, 2.05) is 0 Å². The summed E-state index contributed by atoms with van der Waals surface area (Å²) in [6.45, 7) is 6.57. The highest BCUT2D eigenvalue weighted by atomic mass is 16.7. The number of nitrogens with one attached hydrogen (secondary N) is 12. The van der Waals surface area contributed by atoms with Crippen LogP contribution >= 0.6 is 0 Å². The topological polar surface area (TPSA) is 735 Å². The maximum atomic E-state index is 14.9. The van der Waals surface area contributed by atoms with Crippen molar-refractivity contribution in [3.63, 3.8) is 0 Å². The van der Waals surface area contributed by atoms with Gasteiger partial charge in [0.15, 0.2) is 6.29 Å². The summed E-state index contributed by atoms with van der Waals surface area (Å²) in [6.07, 6.45) is -16.4. The van der Waals surface area contributed by atoms with E-state index in [2.05, 4.69) is 63.8 Å². The Morgan fingerprint density at radius 3 is 1.14 bits per heavy atom. The van der Waals surface area contributed by atoms with Gasteiger partial charge in [-0.15, -0.1) is 0 Å². The average molecular weight is 1700 g/mol. The van der Waals surface area contributed by atoms with Crippen molar-refractivity contribution in [3.8, 4) is 0 Å². The van der Waals surface area contributed by atoms with Gasteiger partial charge < -0.3 is 160 Å². The molecule has 5 aliphatic heterocycles. The number of nitrogens with zero attached hydrogens (tertiary/aromatic N) is 4. The average Bonchev–Trinajstić information content (AvgIpc) is 1.55. The number of rotatable bonds is 41. The number of carbonyl (C=O) groups is 17. The third kappa shape index (κ3) is 26.2. The second kappa shape index (κ2) is 45.7. The molecule has 5 heterocycles. The molecule has 5 rings (SSSR count). The number of nitrogens with two attached hydrogens (primary N) is 1. The van der Waals surface area contributed by atoms with Crippen molar-refractivity contribution < 1.29 is 152 Å². The van der Waals surface area contributed by atoms with E-state index in [9.17, 15) is 143 Å². The smallest absolute Gasteiger partial charge is 0.326 e. The fourth-order valence-electron chi connectivity index (χ4n) is 14.3. The van der Waals surface area contributed by atoms with E-state index >= 15 is 0 Å². The van der Waals surface area contributed by atoms with Gasteiger partial charge in [0.2, 0.25) is 94.5 Å². The van der Waals surface area contributed by atoms with Gasteiger partial charge in [0.25, 0.3) is 0 Å². The quantitative estimate of drug-likeness (QED) is 0.0270. The van der Waals surface area contributed by atoms with Crippen LogP contribution in [0.3, 0.4) is 0 Å². The number of amides is 16. The van der Waals surface area contributed by atoms with Crippen molar-refractivity contribution in [2.45, 2.75) is 278 Å². The number of likely N-dealkylation sites (tertiary alicyclic amines) is 4. The molecule has 48 nitrogen and oxygen atoms in total. The predicted octanol–water partition coefficient (Wildman–Crippen LogP) is -14.8. The first kappa shape index (κ1) is 100.0. The van der Waals surface area contributed by atoms with Crippen LogP contribution in [0.5, 0.6) is 0 Å². The Morgan fingerprint density at radius 1 is 0.412 bits per heavy atom. The first-order chi connectivity index (χ1) is 55.8. The molecular formula is C71H117N17O31. The summed E-state index contributed by atoms with van der Waals surface area (Å²) in [5, 5.41) is 153. The zero-order chi connectivity index (χ0) is 89.6. The summed E-state index contributed by atoms with van der Waals surface area (Å²) in [4.78, 5) is 236. The Balaban J connectivity index is 1.23. The summed E-state index contributed by atoms with van der Waals surface area (Å²) < 4.78 is 11.7. The van der Waals surface area contributed by atoms with Crippen LogP contribution in [0.2, 0.25) is 0 Å². The first-order valence-corrected chi connectivity index (χ1v) is 39.1. The van der Waals surface area contributed by atoms with Crippen LogP contribution in [0.1, 0.15) is 121 Å². The number of ether oxygens (including phenoxy) is 2. The largest absolute Gasteiger partial charge is 0.480 e. The predicted molar refractivity (Wildman–Crippen MR) is 403 cm³/mol. The van der Waals surface area contributed by atoms with E-state index in [1.165, 1.54) is 13.8 Å². The highest BCUT2D eigenvalue weighted by Gasteiger charge is 2.51. The Hall–Kier alpha value is -9.57. The maximum Gasteiger partial charge on any atom is 0.326 e. The Bertz CT molecular complexity index is 3620. The lowest BCUT2D eigenvalue weighted by Gasteiger charge is -2.43. The summed E-state index contributed by atoms with van der Waals surface area (Å²) >= 11 is 0. The zero-order valence-electron chi connectivity index (χ0n) is 67.6. The third-order valence-corrected chi connectivity index (χ3v) is 20.9. The van der Waals surface area contributed by atoms with Crippen LogP contribution in [0.25, 0.3) is 0 Å². The monoisotopic (exact) mass is 1700 g/mol. The van der Waals surface area contributed by atoms with E-state index in [0.717, 1.165) is 61.1 Å². The lowest BCUT2D eigenvalue weighted by Crippen LogP contribution is -2.66. The summed E-state index contributed by atoms with van der Waals surface area (Å²) in [7, 11) is 0. The fourth-order valence-corrected chi connectivity index (χ4v) is 14.3. The molecule has 5 saturated heterocycles. The molecule has 0 saturated carbocycles. The van der Waals surface area contributed by atoms with Crippen LogP contribution in [0.15, 0.2) is 0 Å². The lowest BCUT2D eigenvalue weighted by atomic mass is 9.96. The number of aliphatic carboxylic acids is 1. The van der Waals surface area contributed by atoms with Gasteiger partial charge in [-0.25, -0.2) is 4.79 Å². The molecule has 0 aliphatic carbocycles. The van der Waals surface area contributed by atoms with Gasteiger partial charge in [0.1, 0.15) is 115 Å². The maximum absolute atomic E-state index is 14.9. The third-order valence-electron chi connectivity index (χ3n) is 20.9. The Morgan fingerprint density at radius 2 is 0.756 bits per heavy atom. The Kier molecular flexibility index (Phi) is 38.4. The van der Waals surface area contributed by atoms with Crippen LogP contribution in [-0.2, 0) is 91.0 Å². The van der Waals surface area contributed by atoms with E-state index in [1.54, 1.807) is 13.8 Å². The van der Waals surface area contributed by atoms with Gasteiger partial charge in [-0.3, -0.25) is 76.7 Å². The summed E-state index contributed by atoms with van der Waals surface area (Å²) in [6, 6.07) is -27.1. The van der Waals surface area contributed by atoms with Gasteiger partial charge in [0, 0.05) is 33.1 Å². The molecule has 5 fully saturated rings. The first-order valence-electron chi connectivity index (χ1n) is 39.1. The molecule has 48 heteroatoms. The molecular weight excluding hydrogens is 1590 g/mol. The molecule has 0 aromatic heterocycles. The SMILES string of the molecule is CC(=O)N[C@H]1[C@@H](O[C@H](C)[C@H](NC(=O)[C@@H](NC(=O)CN)[C@@H](C)O)C(=O)N2CCC[C@H]2C(=O)N[C@@H](CO)C(=O)N2CCC[C@H]2C(=O)N[C@H](C(=O)N2CCC[C@H]2C(=O)N[C@H](C(=O)N[C@H](C(=O)N[C@@H](CO)C(=O)N[C@H](C(=O)N[C@H](C(=O)N[C@@H](CO)C(=O)N[C@@H](C)C(=O)N2CCC[C@H]2C(=O)O)[C@@H](C)O)[C@@H](C)O)[C@@H](C)O)[C@@H](C)O)C(C)C)O[C@H](CO)[C@H](O)[C@@H]1O. The van der Waals surface area contributed by atoms with Crippen LogP contribution in [0, 0.1) is 5.92 Å². The van der Waals surface area contributed by atoms with Gasteiger partial charge in [-0.2, -0.15) is 0 Å². The van der Waals surface area contributed by atoms with Crippen LogP contribution < -0.4 is 69.5 Å². The van der Waals surface area contributed by atoms with Gasteiger partial charge in [-0.1, -0.05) is 13.8 Å². The molecule has 5 aliphatic rings. The van der Waals surface area contributed by atoms with Crippen LogP contribution in [0.4, 0.5) is 0 Å². The minimum atomic E-state index is -2.07. The number of aliphatic hydroxyl groups excluding tert-OH is 11. The second-order valence-corrected chi connectivity index (χ2v) is 30.4. The molecule has 0 aromatic rings. The number of hydrogen-bond acceptors (Lipinski definition) is 31. The summed E-state index contributed by atoms with van der Waals surface area (Å²) in [5.74, 6) is -19.3. The molecule has 26 atom stereocenters. The number of carboxylic acids is 1. The van der Waals surface area contributed by atoms with Gasteiger partial charge >= 0.3 is 5.97 Å². The molecule has 16 amide bonds. The number of carboxylic acid groups (broad SMARTS) is 1. The van der Waals surface area contributed by atoms with Gasteiger partial charge in [0.05, 0.1) is 69.6 Å². The minimum absolute atomic E-state index is 0.00451. The van der Waals surface area contributed by atoms with Crippen molar-refractivity contribution >= 4 is 100 Å². The number of hydrogen-bond donors (Lipinski definition) is 25. The van der Waals surface area contributed by atoms with E-state index in [-0.39, 0.29) is 71.1 Å². The zero-order valence-corrected chi connectivity index (χ0v) is 67.6. The molecule has 0 unspecified atom stereocenters. The van der Waals surface area contributed by atoms with Gasteiger partial charge in [-0.05, 0) is 106 Å². The highest BCUT2D eigenvalue weighted by Crippen LogP contribution is 2.28. The molecule has 0 aromatic carbocycles. The molecule has 0 spiro atoms. The Labute approximate surface area is 683 Å². The van der Waals surface area contributed by atoms with Crippen molar-refractivity contribution in [2.24, 2.45) is 11.7 Å².